The van der Waals surface area contributed by atoms with E-state index in [0.29, 0.717) is 10.1 Å². The molecule has 1 aliphatic carbocycles. The van der Waals surface area contributed by atoms with Gasteiger partial charge in [0.05, 0.1) is 0 Å². The fourth-order valence-electron chi connectivity index (χ4n) is 2.75. The quantitative estimate of drug-likeness (QED) is 0.755. The van der Waals surface area contributed by atoms with Gasteiger partial charge in [-0.2, -0.15) is 0 Å². The van der Waals surface area contributed by atoms with Crippen molar-refractivity contribution in [1.82, 2.24) is 10.0 Å². The van der Waals surface area contributed by atoms with E-state index < -0.39 is 10.0 Å². The van der Waals surface area contributed by atoms with E-state index in [-0.39, 0.29) is 6.04 Å². The summed E-state index contributed by atoms with van der Waals surface area (Å²) in [6, 6.07) is 1.89. The van der Waals surface area contributed by atoms with Crippen LogP contribution in [0.4, 0.5) is 0 Å². The molecule has 1 aliphatic rings. The van der Waals surface area contributed by atoms with E-state index in [1.165, 1.54) is 17.8 Å². The molecular formula is C15H26N2O2S2. The van der Waals surface area contributed by atoms with Crippen molar-refractivity contribution in [1.29, 1.82) is 0 Å². The summed E-state index contributed by atoms with van der Waals surface area (Å²) in [5, 5.41) is 5.23. The summed E-state index contributed by atoms with van der Waals surface area (Å²) in [4.78, 5) is 0. The Morgan fingerprint density at radius 3 is 2.81 bits per heavy atom. The van der Waals surface area contributed by atoms with Gasteiger partial charge in [-0.1, -0.05) is 26.7 Å². The van der Waals surface area contributed by atoms with Crippen molar-refractivity contribution in [2.24, 2.45) is 5.92 Å². The van der Waals surface area contributed by atoms with Crippen molar-refractivity contribution >= 4 is 21.4 Å². The van der Waals surface area contributed by atoms with Crippen molar-refractivity contribution in [3.05, 3.63) is 17.0 Å². The van der Waals surface area contributed by atoms with Crippen LogP contribution in [0.1, 0.15) is 51.5 Å². The average Bonchev–Trinajstić information content (AvgIpc) is 2.91. The summed E-state index contributed by atoms with van der Waals surface area (Å²) >= 11 is 1.31. The van der Waals surface area contributed by atoms with Gasteiger partial charge in [-0.25, -0.2) is 13.1 Å². The van der Waals surface area contributed by atoms with Crippen LogP contribution >= 0.6 is 11.3 Å². The molecule has 0 spiro atoms. The molecule has 1 aromatic rings. The Hall–Kier alpha value is -0.430. The average molecular weight is 331 g/mol. The first kappa shape index (κ1) is 16.9. The molecule has 2 N–H and O–H groups in total. The predicted octanol–water partition coefficient (Wildman–Crippen LogP) is 3.10. The zero-order valence-electron chi connectivity index (χ0n) is 12.9. The maximum atomic E-state index is 12.5. The second-order valence-corrected chi connectivity index (χ2v) is 8.79. The number of rotatable bonds is 7. The Bertz CT molecular complexity index is 540. The van der Waals surface area contributed by atoms with E-state index in [1.54, 1.807) is 6.07 Å². The third-order valence-corrected chi connectivity index (χ3v) is 7.05. The fraction of sp³-hybridized carbons (Fsp3) is 0.733. The molecule has 2 unspecified atom stereocenters. The van der Waals surface area contributed by atoms with Gasteiger partial charge >= 0.3 is 0 Å². The summed E-state index contributed by atoms with van der Waals surface area (Å²) < 4.78 is 28.3. The molecule has 0 amide bonds. The maximum Gasteiger partial charge on any atom is 0.250 e. The summed E-state index contributed by atoms with van der Waals surface area (Å²) in [5.74, 6) is 0.430. The van der Waals surface area contributed by atoms with E-state index in [9.17, 15) is 8.42 Å². The number of hydrogen-bond donors (Lipinski definition) is 2. The van der Waals surface area contributed by atoms with E-state index in [0.717, 1.165) is 44.3 Å². The molecule has 0 aromatic carbocycles. The molecule has 0 saturated heterocycles. The van der Waals surface area contributed by atoms with Crippen LogP contribution < -0.4 is 10.0 Å². The Kier molecular flexibility index (Phi) is 6.22. The van der Waals surface area contributed by atoms with Crippen LogP contribution in [0.15, 0.2) is 15.7 Å². The van der Waals surface area contributed by atoms with Crippen molar-refractivity contribution in [3.63, 3.8) is 0 Å². The van der Waals surface area contributed by atoms with Crippen LogP contribution in [-0.2, 0) is 16.6 Å². The predicted molar refractivity (Wildman–Crippen MR) is 88.1 cm³/mol. The van der Waals surface area contributed by atoms with Crippen LogP contribution in [0.25, 0.3) is 0 Å². The largest absolute Gasteiger partial charge is 0.313 e. The highest BCUT2D eigenvalue weighted by Gasteiger charge is 2.27. The highest BCUT2D eigenvalue weighted by atomic mass is 32.2. The van der Waals surface area contributed by atoms with E-state index in [4.69, 9.17) is 0 Å². The zero-order chi connectivity index (χ0) is 15.3. The summed E-state index contributed by atoms with van der Waals surface area (Å²) in [6.45, 7) is 5.95. The highest BCUT2D eigenvalue weighted by molar-refractivity contribution is 7.91. The van der Waals surface area contributed by atoms with Crippen LogP contribution in [0.3, 0.4) is 0 Å². The van der Waals surface area contributed by atoms with Gasteiger partial charge in [-0.15, -0.1) is 11.3 Å². The van der Waals surface area contributed by atoms with Gasteiger partial charge in [-0.3, -0.25) is 0 Å². The normalized spacial score (nSPS) is 23.3. The van der Waals surface area contributed by atoms with Gasteiger partial charge in [0.25, 0.3) is 0 Å². The molecule has 0 aliphatic heterocycles. The maximum absolute atomic E-state index is 12.5. The summed E-state index contributed by atoms with van der Waals surface area (Å²) in [5.41, 5.74) is 1.05. The monoisotopic (exact) mass is 330 g/mol. The molecule has 1 fully saturated rings. The number of thiophene rings is 1. The molecule has 2 atom stereocenters. The Morgan fingerprint density at radius 1 is 1.33 bits per heavy atom. The Morgan fingerprint density at radius 2 is 2.10 bits per heavy atom. The number of hydrogen-bond acceptors (Lipinski definition) is 4. The molecule has 21 heavy (non-hydrogen) atoms. The van der Waals surface area contributed by atoms with Crippen LogP contribution in [0.2, 0.25) is 0 Å². The van der Waals surface area contributed by atoms with Crippen LogP contribution in [0, 0.1) is 5.92 Å². The Labute approximate surface area is 132 Å². The minimum Gasteiger partial charge on any atom is -0.313 e. The van der Waals surface area contributed by atoms with Gasteiger partial charge in [0.2, 0.25) is 10.0 Å². The molecule has 1 saturated carbocycles. The first-order valence-electron chi connectivity index (χ1n) is 7.83. The molecule has 4 nitrogen and oxygen atoms in total. The fourth-order valence-corrected chi connectivity index (χ4v) is 5.35. The lowest BCUT2D eigenvalue weighted by Crippen LogP contribution is -2.40. The van der Waals surface area contributed by atoms with Crippen LogP contribution in [0.5, 0.6) is 0 Å². The SMILES string of the molecule is CCCNCc1csc(S(=O)(=O)NC2CCCCC2C)c1. The third kappa shape index (κ3) is 4.77. The molecule has 6 heteroatoms. The molecule has 0 radical (unpaired) electrons. The number of nitrogens with one attached hydrogen (secondary N) is 2. The summed E-state index contributed by atoms with van der Waals surface area (Å²) in [7, 11) is -3.36. The molecule has 2 rings (SSSR count). The molecule has 1 aromatic heterocycles. The molecular weight excluding hydrogens is 304 g/mol. The van der Waals surface area contributed by atoms with Gasteiger partial charge in [0.1, 0.15) is 4.21 Å². The lowest BCUT2D eigenvalue weighted by molar-refractivity contribution is 0.310. The van der Waals surface area contributed by atoms with Crippen LogP contribution in [-0.4, -0.2) is 21.0 Å². The minimum atomic E-state index is -3.36. The lowest BCUT2D eigenvalue weighted by Gasteiger charge is -2.28. The van der Waals surface area contributed by atoms with Crippen molar-refractivity contribution in [2.75, 3.05) is 6.54 Å². The van der Waals surface area contributed by atoms with E-state index in [2.05, 4.69) is 23.9 Å². The van der Waals surface area contributed by atoms with Gasteiger partial charge in [0.15, 0.2) is 0 Å². The zero-order valence-corrected chi connectivity index (χ0v) is 14.5. The Balaban J connectivity index is 1.98. The van der Waals surface area contributed by atoms with Gasteiger partial charge in [-0.05, 0) is 48.7 Å². The molecule has 0 bridgehead atoms. The smallest absolute Gasteiger partial charge is 0.250 e. The van der Waals surface area contributed by atoms with Gasteiger partial charge < -0.3 is 5.32 Å². The van der Waals surface area contributed by atoms with Crippen molar-refractivity contribution in [3.8, 4) is 0 Å². The van der Waals surface area contributed by atoms with Crippen molar-refractivity contribution in [2.45, 2.75) is 62.7 Å². The standard InChI is InChI=1S/C15H26N2O2S2/c1-3-8-16-10-13-9-15(20-11-13)21(18,19)17-14-7-5-4-6-12(14)2/h9,11-12,14,16-17H,3-8,10H2,1-2H3. The second-order valence-electron chi connectivity index (χ2n) is 5.94. The summed E-state index contributed by atoms with van der Waals surface area (Å²) in [6.07, 6.45) is 5.48. The minimum absolute atomic E-state index is 0.0903. The van der Waals surface area contributed by atoms with Gasteiger partial charge in [0, 0.05) is 12.6 Å². The molecule has 1 heterocycles. The second kappa shape index (κ2) is 7.72. The first-order chi connectivity index (χ1) is 10.0. The first-order valence-corrected chi connectivity index (χ1v) is 10.2. The number of sulfonamides is 1. The topological polar surface area (TPSA) is 58.2 Å². The third-order valence-electron chi connectivity index (χ3n) is 4.07. The molecule has 120 valence electrons. The van der Waals surface area contributed by atoms with Crippen molar-refractivity contribution < 1.29 is 8.42 Å². The van der Waals surface area contributed by atoms with E-state index in [1.807, 2.05) is 5.38 Å². The van der Waals surface area contributed by atoms with E-state index >= 15 is 0 Å². The highest BCUT2D eigenvalue weighted by Crippen LogP contribution is 2.27. The lowest BCUT2D eigenvalue weighted by atomic mass is 9.87.